The minimum Gasteiger partial charge on any atom is -0.467 e. The molecule has 7 nitrogen and oxygen atoms in total. The smallest absolute Gasteiger partial charge is 0.273 e. The third-order valence-corrected chi connectivity index (χ3v) is 4.42. The average Bonchev–Trinajstić information content (AvgIpc) is 3.20. The summed E-state index contributed by atoms with van der Waals surface area (Å²) in [5.74, 6) is 0.645. The van der Waals surface area contributed by atoms with Crippen molar-refractivity contribution in [1.82, 2.24) is 15.4 Å². The second-order valence-corrected chi connectivity index (χ2v) is 6.46. The molecule has 27 heavy (non-hydrogen) atoms. The number of carbonyl (C=O) groups excluding carboxylic acids is 2. The van der Waals surface area contributed by atoms with E-state index in [4.69, 9.17) is 8.94 Å². The van der Waals surface area contributed by atoms with Gasteiger partial charge >= 0.3 is 0 Å². The summed E-state index contributed by atoms with van der Waals surface area (Å²) >= 11 is 0. The van der Waals surface area contributed by atoms with E-state index in [1.165, 1.54) is 0 Å². The summed E-state index contributed by atoms with van der Waals surface area (Å²) in [4.78, 5) is 26.6. The predicted octanol–water partition coefficient (Wildman–Crippen LogP) is 2.86. The molecule has 0 saturated heterocycles. The van der Waals surface area contributed by atoms with E-state index in [1.54, 1.807) is 23.3 Å². The monoisotopic (exact) mass is 365 g/mol. The Bertz CT molecular complexity index is 914. The lowest BCUT2D eigenvalue weighted by Crippen LogP contribution is -2.41. The Morgan fingerprint density at radius 2 is 1.96 bits per heavy atom. The van der Waals surface area contributed by atoms with Gasteiger partial charge in [-0.25, -0.2) is 0 Å². The third-order valence-electron chi connectivity index (χ3n) is 4.42. The van der Waals surface area contributed by atoms with Gasteiger partial charge in [0.05, 0.1) is 19.4 Å². The van der Waals surface area contributed by atoms with Crippen LogP contribution in [0.3, 0.4) is 0 Å². The van der Waals surface area contributed by atoms with Crippen LogP contribution in [0.5, 0.6) is 0 Å². The molecule has 3 aromatic rings. The molecule has 0 atom stereocenters. The van der Waals surface area contributed by atoms with Crippen LogP contribution < -0.4 is 5.32 Å². The molecule has 2 amide bonds. The van der Waals surface area contributed by atoms with Crippen LogP contribution in [0.2, 0.25) is 0 Å². The van der Waals surface area contributed by atoms with Crippen molar-refractivity contribution in [3.63, 3.8) is 0 Å². The van der Waals surface area contributed by atoms with Crippen molar-refractivity contribution in [2.24, 2.45) is 0 Å². The molecule has 0 bridgehead atoms. The maximum Gasteiger partial charge on any atom is 0.273 e. The maximum atomic E-state index is 12.5. The molecule has 1 aliphatic carbocycles. The summed E-state index contributed by atoms with van der Waals surface area (Å²) in [7, 11) is 0. The number of aromatic nitrogens is 1. The lowest BCUT2D eigenvalue weighted by Gasteiger charge is -2.21. The molecule has 2 aromatic heterocycles. The summed E-state index contributed by atoms with van der Waals surface area (Å²) in [6.07, 6.45) is 3.54. The fraction of sp³-hybridized carbons (Fsp3) is 0.250. The molecule has 1 saturated carbocycles. The zero-order valence-electron chi connectivity index (χ0n) is 14.6. The van der Waals surface area contributed by atoms with Crippen molar-refractivity contribution in [2.75, 3.05) is 6.54 Å². The van der Waals surface area contributed by atoms with Gasteiger partial charge in [0, 0.05) is 17.7 Å². The molecule has 0 radical (unpaired) electrons. The maximum absolute atomic E-state index is 12.5. The topological polar surface area (TPSA) is 88.6 Å². The van der Waals surface area contributed by atoms with Crippen LogP contribution in [0.25, 0.3) is 11.3 Å². The molecule has 0 aliphatic heterocycles. The first-order valence-corrected chi connectivity index (χ1v) is 8.83. The van der Waals surface area contributed by atoms with Crippen LogP contribution in [0.4, 0.5) is 0 Å². The molecule has 0 spiro atoms. The van der Waals surface area contributed by atoms with Crippen molar-refractivity contribution in [2.45, 2.75) is 25.4 Å². The normalized spacial score (nSPS) is 13.3. The van der Waals surface area contributed by atoms with Gasteiger partial charge in [0.1, 0.15) is 5.76 Å². The van der Waals surface area contributed by atoms with Crippen LogP contribution in [-0.4, -0.2) is 34.5 Å². The zero-order chi connectivity index (χ0) is 18.6. The number of hydrogen-bond donors (Lipinski definition) is 1. The van der Waals surface area contributed by atoms with Crippen LogP contribution in [0, 0.1) is 0 Å². The Balaban J connectivity index is 1.35. The van der Waals surface area contributed by atoms with Crippen LogP contribution >= 0.6 is 0 Å². The van der Waals surface area contributed by atoms with E-state index in [-0.39, 0.29) is 24.2 Å². The summed E-state index contributed by atoms with van der Waals surface area (Å²) < 4.78 is 10.6. The zero-order valence-corrected chi connectivity index (χ0v) is 14.6. The SMILES string of the molecule is O=C(NCC(=O)N(Cc1ccco1)C1CC1)c1cc(-c2ccccc2)on1. The lowest BCUT2D eigenvalue weighted by atomic mass is 10.1. The number of furan rings is 1. The largest absolute Gasteiger partial charge is 0.467 e. The first-order chi connectivity index (χ1) is 13.2. The Kier molecular flexibility index (Phi) is 4.74. The second kappa shape index (κ2) is 7.49. The van der Waals surface area contributed by atoms with Gasteiger partial charge in [0.25, 0.3) is 5.91 Å². The van der Waals surface area contributed by atoms with Gasteiger partial charge < -0.3 is 19.2 Å². The molecule has 0 unspecified atom stereocenters. The van der Waals surface area contributed by atoms with Gasteiger partial charge in [-0.3, -0.25) is 9.59 Å². The molecule has 1 aliphatic rings. The number of nitrogens with one attached hydrogen (secondary N) is 1. The molecular weight excluding hydrogens is 346 g/mol. The van der Waals surface area contributed by atoms with E-state index in [0.29, 0.717) is 12.3 Å². The van der Waals surface area contributed by atoms with Gasteiger partial charge in [0.2, 0.25) is 5.91 Å². The number of nitrogens with zero attached hydrogens (tertiary/aromatic N) is 2. The fourth-order valence-corrected chi connectivity index (χ4v) is 2.85. The standard InChI is InChI=1S/C20H19N3O4/c24-19(23(15-8-9-15)13-16-7-4-10-26-16)12-21-20(25)17-11-18(27-22-17)14-5-2-1-3-6-14/h1-7,10-11,15H,8-9,12-13H2,(H,21,25). The van der Waals surface area contributed by atoms with Gasteiger partial charge in [0.15, 0.2) is 11.5 Å². The quantitative estimate of drug-likeness (QED) is 0.695. The van der Waals surface area contributed by atoms with Crippen molar-refractivity contribution in [1.29, 1.82) is 0 Å². The van der Waals surface area contributed by atoms with E-state index < -0.39 is 5.91 Å². The van der Waals surface area contributed by atoms with Crippen LogP contribution in [0.1, 0.15) is 29.1 Å². The van der Waals surface area contributed by atoms with Crippen molar-refractivity contribution >= 4 is 11.8 Å². The first-order valence-electron chi connectivity index (χ1n) is 8.83. The number of benzene rings is 1. The molecule has 1 N–H and O–H groups in total. The Hall–Kier alpha value is -3.35. The van der Waals surface area contributed by atoms with Crippen LogP contribution in [-0.2, 0) is 11.3 Å². The minimum atomic E-state index is -0.442. The summed E-state index contributed by atoms with van der Waals surface area (Å²) in [6, 6.07) is 14.8. The molecule has 2 heterocycles. The lowest BCUT2D eigenvalue weighted by molar-refractivity contribution is -0.131. The van der Waals surface area contributed by atoms with Gasteiger partial charge in [-0.1, -0.05) is 35.5 Å². The predicted molar refractivity (Wildman–Crippen MR) is 96.6 cm³/mol. The number of amides is 2. The van der Waals surface area contributed by atoms with Crippen molar-refractivity contribution in [3.8, 4) is 11.3 Å². The highest BCUT2D eigenvalue weighted by Gasteiger charge is 2.33. The fourth-order valence-electron chi connectivity index (χ4n) is 2.85. The molecule has 138 valence electrons. The van der Waals surface area contributed by atoms with E-state index in [0.717, 1.165) is 24.2 Å². The van der Waals surface area contributed by atoms with Crippen LogP contribution in [0.15, 0.2) is 63.7 Å². The summed E-state index contributed by atoms with van der Waals surface area (Å²) in [5, 5.41) is 6.42. The molecular formula is C20H19N3O4. The molecule has 1 fully saturated rings. The Morgan fingerprint density at radius 3 is 2.67 bits per heavy atom. The average molecular weight is 365 g/mol. The highest BCUT2D eigenvalue weighted by atomic mass is 16.5. The highest BCUT2D eigenvalue weighted by molar-refractivity contribution is 5.95. The van der Waals surface area contributed by atoms with E-state index >= 15 is 0 Å². The molecule has 1 aromatic carbocycles. The Labute approximate surface area is 155 Å². The minimum absolute atomic E-state index is 0.0937. The van der Waals surface area contributed by atoms with Gasteiger partial charge in [-0.15, -0.1) is 0 Å². The molecule has 7 heteroatoms. The van der Waals surface area contributed by atoms with Crippen molar-refractivity contribution in [3.05, 3.63) is 66.2 Å². The van der Waals surface area contributed by atoms with Crippen molar-refractivity contribution < 1.29 is 18.5 Å². The van der Waals surface area contributed by atoms with E-state index in [9.17, 15) is 9.59 Å². The number of hydrogen-bond acceptors (Lipinski definition) is 5. The van der Waals surface area contributed by atoms with Gasteiger partial charge in [-0.2, -0.15) is 0 Å². The number of carbonyl (C=O) groups is 2. The molecule has 4 rings (SSSR count). The summed E-state index contributed by atoms with van der Waals surface area (Å²) in [5.41, 5.74) is 0.976. The van der Waals surface area contributed by atoms with E-state index in [2.05, 4.69) is 10.5 Å². The Morgan fingerprint density at radius 1 is 1.15 bits per heavy atom. The van der Waals surface area contributed by atoms with Gasteiger partial charge in [-0.05, 0) is 25.0 Å². The van der Waals surface area contributed by atoms with E-state index in [1.807, 2.05) is 36.4 Å². The number of rotatable bonds is 7. The summed E-state index contributed by atoms with van der Waals surface area (Å²) in [6.45, 7) is 0.318. The second-order valence-electron chi connectivity index (χ2n) is 6.46. The highest BCUT2D eigenvalue weighted by Crippen LogP contribution is 2.28. The first kappa shape index (κ1) is 17.1. The third kappa shape index (κ3) is 4.08.